The van der Waals surface area contributed by atoms with Crippen molar-refractivity contribution in [3.05, 3.63) is 36.6 Å². The first-order valence-electron chi connectivity index (χ1n) is 4.48. The monoisotopic (exact) mass is 176 g/mol. The summed E-state index contributed by atoms with van der Waals surface area (Å²) < 4.78 is 0. The minimum absolute atomic E-state index is 1.02. The van der Waals surface area contributed by atoms with Gasteiger partial charge >= 0.3 is 0 Å². The van der Waals surface area contributed by atoms with Gasteiger partial charge in [-0.3, -0.25) is 0 Å². The second-order valence-electron chi connectivity index (χ2n) is 2.44. The molecule has 13 heavy (non-hydrogen) atoms. The van der Waals surface area contributed by atoms with Crippen molar-refractivity contribution < 1.29 is 0 Å². The van der Waals surface area contributed by atoms with Crippen molar-refractivity contribution in [2.45, 2.75) is 13.8 Å². The average Bonchev–Trinajstić information content (AvgIpc) is 2.17. The van der Waals surface area contributed by atoms with Gasteiger partial charge in [0.1, 0.15) is 0 Å². The van der Waals surface area contributed by atoms with E-state index in [0.29, 0.717) is 0 Å². The number of nitriles is 1. The molecule has 0 aromatic carbocycles. The first kappa shape index (κ1) is 11.5. The largest absolute Gasteiger partial charge is 0.378 e. The third-order valence-corrected chi connectivity index (χ3v) is 1.61. The Bertz CT molecular complexity index is 227. The highest BCUT2D eigenvalue weighted by Gasteiger charge is 1.85. The van der Waals surface area contributed by atoms with E-state index in [9.17, 15) is 0 Å². The topological polar surface area (TPSA) is 27.0 Å². The van der Waals surface area contributed by atoms with Crippen LogP contribution in [0.5, 0.6) is 0 Å². The third-order valence-electron chi connectivity index (χ3n) is 1.61. The van der Waals surface area contributed by atoms with E-state index in [1.807, 2.05) is 30.5 Å². The number of nitrogens with zero attached hydrogens (tertiary/aromatic N) is 2. The Hall–Kier alpha value is -1.49. The van der Waals surface area contributed by atoms with Crippen molar-refractivity contribution in [3.63, 3.8) is 0 Å². The quantitative estimate of drug-likeness (QED) is 0.475. The summed E-state index contributed by atoms with van der Waals surface area (Å²) in [5.41, 5.74) is 0. The van der Waals surface area contributed by atoms with E-state index in [1.54, 1.807) is 6.08 Å². The number of rotatable bonds is 5. The van der Waals surface area contributed by atoms with Gasteiger partial charge in [-0.25, -0.2) is 0 Å². The van der Waals surface area contributed by atoms with E-state index in [4.69, 9.17) is 5.26 Å². The summed E-state index contributed by atoms with van der Waals surface area (Å²) in [5.74, 6) is 0. The van der Waals surface area contributed by atoms with Gasteiger partial charge in [0.15, 0.2) is 0 Å². The normalized spacial score (nSPS) is 11.5. The molecule has 0 aliphatic rings. The number of hydrogen-bond acceptors (Lipinski definition) is 2. The van der Waals surface area contributed by atoms with Crippen LogP contribution in [0.4, 0.5) is 0 Å². The molecule has 0 aromatic heterocycles. The maximum atomic E-state index is 8.19. The molecule has 0 fully saturated rings. The molecule has 0 aliphatic carbocycles. The van der Waals surface area contributed by atoms with Crippen LogP contribution in [0.1, 0.15) is 13.8 Å². The minimum atomic E-state index is 1.02. The molecule has 0 aromatic rings. The molecule has 0 bridgehead atoms. The van der Waals surface area contributed by atoms with Gasteiger partial charge in [-0.2, -0.15) is 5.26 Å². The molecule has 0 atom stereocenters. The number of allylic oxidation sites excluding steroid dienone is 5. The number of hydrogen-bond donors (Lipinski definition) is 0. The van der Waals surface area contributed by atoms with Crippen molar-refractivity contribution in [1.82, 2.24) is 4.90 Å². The van der Waals surface area contributed by atoms with Crippen LogP contribution in [-0.4, -0.2) is 18.0 Å². The van der Waals surface area contributed by atoms with E-state index in [1.165, 1.54) is 6.08 Å². The van der Waals surface area contributed by atoms with Crippen molar-refractivity contribution in [3.8, 4) is 6.07 Å². The van der Waals surface area contributed by atoms with E-state index >= 15 is 0 Å². The van der Waals surface area contributed by atoms with Crippen LogP contribution in [0.15, 0.2) is 36.6 Å². The zero-order valence-corrected chi connectivity index (χ0v) is 8.27. The molecule has 0 spiro atoms. The lowest BCUT2D eigenvalue weighted by molar-refractivity contribution is 0.419. The molecule has 0 amide bonds. The summed E-state index contributed by atoms with van der Waals surface area (Å²) in [6, 6.07) is 1.92. The SMILES string of the molecule is CCN(\C=C/C=C\C=C/C#N)CC. The summed E-state index contributed by atoms with van der Waals surface area (Å²) in [7, 11) is 0. The molecule has 0 heterocycles. The van der Waals surface area contributed by atoms with Crippen LogP contribution < -0.4 is 0 Å². The van der Waals surface area contributed by atoms with Crippen LogP contribution in [-0.2, 0) is 0 Å². The fourth-order valence-electron chi connectivity index (χ4n) is 0.833. The van der Waals surface area contributed by atoms with Crippen LogP contribution in [0.25, 0.3) is 0 Å². The highest BCUT2D eigenvalue weighted by atomic mass is 15.1. The van der Waals surface area contributed by atoms with Gasteiger partial charge in [0, 0.05) is 19.2 Å². The Balaban J connectivity index is 3.79. The molecule has 0 rings (SSSR count). The van der Waals surface area contributed by atoms with Crippen LogP contribution in [0.3, 0.4) is 0 Å². The lowest BCUT2D eigenvalue weighted by Crippen LogP contribution is -2.14. The second kappa shape index (κ2) is 8.61. The molecule has 0 saturated heterocycles. The predicted molar refractivity (Wildman–Crippen MR) is 56.0 cm³/mol. The van der Waals surface area contributed by atoms with Crippen molar-refractivity contribution in [2.24, 2.45) is 0 Å². The maximum Gasteiger partial charge on any atom is 0.0912 e. The van der Waals surface area contributed by atoms with Gasteiger partial charge in [-0.05, 0) is 26.1 Å². The molecule has 0 saturated carbocycles. The minimum Gasteiger partial charge on any atom is -0.378 e. The molecular weight excluding hydrogens is 160 g/mol. The average molecular weight is 176 g/mol. The van der Waals surface area contributed by atoms with Crippen molar-refractivity contribution in [2.75, 3.05) is 13.1 Å². The Kier molecular flexibility index (Phi) is 7.62. The highest BCUT2D eigenvalue weighted by molar-refractivity contribution is 5.15. The van der Waals surface area contributed by atoms with Crippen molar-refractivity contribution in [1.29, 1.82) is 5.26 Å². The molecule has 0 aliphatic heterocycles. The highest BCUT2D eigenvalue weighted by Crippen LogP contribution is 1.88. The zero-order chi connectivity index (χ0) is 9.94. The molecule has 0 radical (unpaired) electrons. The predicted octanol–water partition coefficient (Wildman–Crippen LogP) is 2.48. The maximum absolute atomic E-state index is 8.19. The van der Waals surface area contributed by atoms with Gasteiger partial charge in [0.2, 0.25) is 0 Å². The van der Waals surface area contributed by atoms with Gasteiger partial charge in [-0.15, -0.1) is 0 Å². The Labute approximate surface area is 80.5 Å². The summed E-state index contributed by atoms with van der Waals surface area (Å²) in [4.78, 5) is 2.19. The van der Waals surface area contributed by atoms with E-state index < -0.39 is 0 Å². The summed E-state index contributed by atoms with van der Waals surface area (Å²) in [6.45, 7) is 6.28. The Morgan fingerprint density at radius 3 is 2.23 bits per heavy atom. The van der Waals surface area contributed by atoms with Gasteiger partial charge in [0.05, 0.1) is 6.07 Å². The van der Waals surface area contributed by atoms with Crippen LogP contribution >= 0.6 is 0 Å². The van der Waals surface area contributed by atoms with Gasteiger partial charge < -0.3 is 4.90 Å². The smallest absolute Gasteiger partial charge is 0.0912 e. The fourth-order valence-corrected chi connectivity index (χ4v) is 0.833. The molecule has 2 heteroatoms. The lowest BCUT2D eigenvalue weighted by Gasteiger charge is -2.13. The fraction of sp³-hybridized carbons (Fsp3) is 0.364. The standard InChI is InChI=1S/C11H16N2/c1-3-13(4-2)11-9-7-5-6-8-10-12/h5-9,11H,3-4H2,1-2H3/b7-5-,8-6-,11-9-. The molecule has 0 N–H and O–H groups in total. The first-order chi connectivity index (χ1) is 6.35. The Morgan fingerprint density at radius 1 is 1.08 bits per heavy atom. The van der Waals surface area contributed by atoms with Gasteiger partial charge in [0.25, 0.3) is 0 Å². The second-order valence-corrected chi connectivity index (χ2v) is 2.44. The van der Waals surface area contributed by atoms with Crippen LogP contribution in [0.2, 0.25) is 0 Å². The summed E-state index contributed by atoms with van der Waals surface area (Å²) >= 11 is 0. The summed E-state index contributed by atoms with van der Waals surface area (Å²) in [5, 5.41) is 8.19. The van der Waals surface area contributed by atoms with E-state index in [0.717, 1.165) is 13.1 Å². The van der Waals surface area contributed by atoms with Gasteiger partial charge in [-0.1, -0.05) is 18.2 Å². The zero-order valence-electron chi connectivity index (χ0n) is 8.27. The lowest BCUT2D eigenvalue weighted by atomic mass is 10.4. The van der Waals surface area contributed by atoms with E-state index in [-0.39, 0.29) is 0 Å². The molecule has 70 valence electrons. The van der Waals surface area contributed by atoms with Crippen molar-refractivity contribution >= 4 is 0 Å². The molecule has 0 unspecified atom stereocenters. The molecular formula is C11H16N2. The third kappa shape index (κ3) is 6.89. The summed E-state index contributed by atoms with van der Waals surface area (Å²) in [6.07, 6.45) is 10.9. The van der Waals surface area contributed by atoms with E-state index in [2.05, 4.69) is 18.7 Å². The molecule has 2 nitrogen and oxygen atoms in total. The first-order valence-corrected chi connectivity index (χ1v) is 4.48. The Morgan fingerprint density at radius 2 is 1.69 bits per heavy atom. The van der Waals surface area contributed by atoms with Crippen LogP contribution in [0, 0.1) is 11.3 Å².